The number of phenols is 1. The second kappa shape index (κ2) is 5.46. The van der Waals surface area contributed by atoms with E-state index >= 15 is 0 Å². The van der Waals surface area contributed by atoms with Gasteiger partial charge < -0.3 is 9.63 Å². The first kappa shape index (κ1) is 14.0. The highest BCUT2D eigenvalue weighted by atomic mass is 79.9. The molecule has 0 atom stereocenters. The summed E-state index contributed by atoms with van der Waals surface area (Å²) in [6, 6.07) is 8.57. The van der Waals surface area contributed by atoms with E-state index in [-0.39, 0.29) is 23.3 Å². The van der Waals surface area contributed by atoms with E-state index in [1.807, 2.05) is 0 Å². The van der Waals surface area contributed by atoms with Crippen LogP contribution >= 0.6 is 27.5 Å². The number of benzene rings is 2. The zero-order valence-corrected chi connectivity index (χ0v) is 12.7. The summed E-state index contributed by atoms with van der Waals surface area (Å²) in [5.74, 6) is 0.126. The summed E-state index contributed by atoms with van der Waals surface area (Å²) in [4.78, 5) is 4.22. The molecule has 0 fully saturated rings. The molecule has 1 N–H and O–H groups in total. The largest absolute Gasteiger partial charge is 0.508 e. The molecule has 7 heteroatoms. The van der Waals surface area contributed by atoms with Crippen molar-refractivity contribution < 1.29 is 14.0 Å². The van der Waals surface area contributed by atoms with Gasteiger partial charge in [0, 0.05) is 10.0 Å². The summed E-state index contributed by atoms with van der Waals surface area (Å²) in [5.41, 5.74) is 1.01. The lowest BCUT2D eigenvalue weighted by Gasteiger charge is -1.99. The molecule has 2 aromatic carbocycles. The lowest BCUT2D eigenvalue weighted by atomic mass is 10.2. The van der Waals surface area contributed by atoms with E-state index in [0.29, 0.717) is 20.6 Å². The first-order chi connectivity index (χ1) is 10.0. The van der Waals surface area contributed by atoms with E-state index in [2.05, 4.69) is 26.1 Å². The number of hydrogen-bond donors (Lipinski definition) is 1. The second-order valence-electron chi connectivity index (χ2n) is 4.21. The van der Waals surface area contributed by atoms with E-state index in [0.717, 1.165) is 0 Å². The molecule has 0 bridgehead atoms. The second-order valence-corrected chi connectivity index (χ2v) is 5.47. The van der Waals surface area contributed by atoms with Crippen LogP contribution in [0.25, 0.3) is 22.8 Å². The van der Waals surface area contributed by atoms with Crippen molar-refractivity contribution in [3.8, 4) is 28.6 Å². The maximum atomic E-state index is 13.1. The van der Waals surface area contributed by atoms with Crippen molar-refractivity contribution >= 4 is 27.5 Å². The molecule has 1 heterocycles. The predicted molar refractivity (Wildman–Crippen MR) is 79.5 cm³/mol. The predicted octanol–water partition coefficient (Wildman–Crippen LogP) is 4.66. The lowest BCUT2D eigenvalue weighted by molar-refractivity contribution is 0.431. The molecule has 3 rings (SSSR count). The third-order valence-corrected chi connectivity index (χ3v) is 3.76. The molecule has 0 saturated carbocycles. The molecule has 3 aromatic rings. The SMILES string of the molecule is Oc1ccc(Cl)c(-c2nc(-c3ccc(F)cc3Br)no2)c1. The van der Waals surface area contributed by atoms with Gasteiger partial charge in [-0.25, -0.2) is 4.39 Å². The fourth-order valence-corrected chi connectivity index (χ4v) is 2.52. The molecule has 21 heavy (non-hydrogen) atoms. The van der Waals surface area contributed by atoms with Gasteiger partial charge in [-0.2, -0.15) is 4.98 Å². The van der Waals surface area contributed by atoms with Gasteiger partial charge in [0.2, 0.25) is 5.82 Å². The summed E-state index contributed by atoms with van der Waals surface area (Å²) < 4.78 is 18.8. The minimum absolute atomic E-state index is 0.0390. The monoisotopic (exact) mass is 368 g/mol. The van der Waals surface area contributed by atoms with E-state index in [9.17, 15) is 9.50 Å². The molecule has 1 aromatic heterocycles. The van der Waals surface area contributed by atoms with Crippen LogP contribution in [-0.2, 0) is 0 Å². The van der Waals surface area contributed by atoms with Crippen molar-refractivity contribution in [2.75, 3.05) is 0 Å². The maximum Gasteiger partial charge on any atom is 0.259 e. The van der Waals surface area contributed by atoms with E-state index in [4.69, 9.17) is 16.1 Å². The topological polar surface area (TPSA) is 59.2 Å². The van der Waals surface area contributed by atoms with E-state index in [1.54, 1.807) is 0 Å². The minimum atomic E-state index is -0.370. The first-order valence-corrected chi connectivity index (χ1v) is 7.00. The van der Waals surface area contributed by atoms with Crippen LogP contribution in [0.15, 0.2) is 45.4 Å². The Morgan fingerprint density at radius 2 is 1.95 bits per heavy atom. The van der Waals surface area contributed by atoms with Crippen molar-refractivity contribution in [3.63, 3.8) is 0 Å². The number of aromatic nitrogens is 2. The van der Waals surface area contributed by atoms with Crippen LogP contribution in [0, 0.1) is 5.82 Å². The van der Waals surface area contributed by atoms with Gasteiger partial charge in [-0.05, 0) is 52.3 Å². The number of phenolic OH excluding ortho intramolecular Hbond substituents is 1. The maximum absolute atomic E-state index is 13.1. The Morgan fingerprint density at radius 1 is 1.14 bits per heavy atom. The van der Waals surface area contributed by atoms with Crippen molar-refractivity contribution in [2.24, 2.45) is 0 Å². The van der Waals surface area contributed by atoms with Crippen molar-refractivity contribution in [3.05, 3.63) is 51.7 Å². The molecule has 0 aliphatic carbocycles. The normalized spacial score (nSPS) is 10.8. The molecule has 0 aliphatic heterocycles. The Morgan fingerprint density at radius 3 is 2.71 bits per heavy atom. The molecular weight excluding hydrogens is 363 g/mol. The summed E-state index contributed by atoms with van der Waals surface area (Å²) in [5, 5.41) is 13.7. The molecule has 4 nitrogen and oxygen atoms in total. The van der Waals surface area contributed by atoms with Crippen molar-refractivity contribution in [1.29, 1.82) is 0 Å². The third kappa shape index (κ3) is 2.77. The summed E-state index contributed by atoms with van der Waals surface area (Å²) in [6.07, 6.45) is 0. The number of hydrogen-bond acceptors (Lipinski definition) is 4. The minimum Gasteiger partial charge on any atom is -0.508 e. The Kier molecular flexibility index (Phi) is 3.65. The van der Waals surface area contributed by atoms with Crippen LogP contribution < -0.4 is 0 Å². The average molecular weight is 370 g/mol. The Hall–Kier alpha value is -1.92. The number of aromatic hydroxyl groups is 1. The van der Waals surface area contributed by atoms with Gasteiger partial charge in [0.15, 0.2) is 0 Å². The van der Waals surface area contributed by atoms with Crippen LogP contribution in [0.4, 0.5) is 4.39 Å². The molecule has 0 amide bonds. The zero-order chi connectivity index (χ0) is 15.0. The highest BCUT2D eigenvalue weighted by Gasteiger charge is 2.16. The van der Waals surface area contributed by atoms with Gasteiger partial charge >= 0.3 is 0 Å². The van der Waals surface area contributed by atoms with Crippen LogP contribution in [-0.4, -0.2) is 15.2 Å². The molecule has 0 saturated heterocycles. The van der Waals surface area contributed by atoms with Crippen molar-refractivity contribution in [1.82, 2.24) is 10.1 Å². The lowest BCUT2D eigenvalue weighted by Crippen LogP contribution is -1.85. The molecule has 0 radical (unpaired) electrons. The Labute approximate surface area is 132 Å². The highest BCUT2D eigenvalue weighted by molar-refractivity contribution is 9.10. The van der Waals surface area contributed by atoms with Crippen LogP contribution in [0.5, 0.6) is 5.75 Å². The zero-order valence-electron chi connectivity index (χ0n) is 10.3. The van der Waals surface area contributed by atoms with Crippen molar-refractivity contribution in [2.45, 2.75) is 0 Å². The fourth-order valence-electron chi connectivity index (χ4n) is 1.79. The number of nitrogens with zero attached hydrogens (tertiary/aromatic N) is 2. The molecule has 0 spiro atoms. The summed E-state index contributed by atoms with van der Waals surface area (Å²) in [6.45, 7) is 0. The first-order valence-electron chi connectivity index (χ1n) is 5.82. The summed E-state index contributed by atoms with van der Waals surface area (Å²) >= 11 is 9.29. The van der Waals surface area contributed by atoms with Gasteiger partial charge in [-0.1, -0.05) is 16.8 Å². The molecule has 0 unspecified atom stereocenters. The standard InChI is InChI=1S/C14H7BrClFN2O2/c15-11-5-7(17)1-3-9(11)13-18-14(21-19-13)10-6-8(20)2-4-12(10)16/h1-6,20H. The molecule has 106 valence electrons. The van der Waals surface area contributed by atoms with E-state index < -0.39 is 0 Å². The van der Waals surface area contributed by atoms with Crippen LogP contribution in [0.3, 0.4) is 0 Å². The Balaban J connectivity index is 2.06. The molecule has 0 aliphatic rings. The fraction of sp³-hybridized carbons (Fsp3) is 0. The number of rotatable bonds is 2. The smallest absolute Gasteiger partial charge is 0.259 e. The van der Waals surface area contributed by atoms with Gasteiger partial charge in [-0.15, -0.1) is 0 Å². The van der Waals surface area contributed by atoms with Crippen LogP contribution in [0.2, 0.25) is 5.02 Å². The highest BCUT2D eigenvalue weighted by Crippen LogP contribution is 2.33. The van der Waals surface area contributed by atoms with Crippen LogP contribution in [0.1, 0.15) is 0 Å². The Bertz CT molecular complexity index is 822. The third-order valence-electron chi connectivity index (χ3n) is 2.78. The van der Waals surface area contributed by atoms with E-state index in [1.165, 1.54) is 36.4 Å². The van der Waals surface area contributed by atoms with Gasteiger partial charge in [-0.3, -0.25) is 0 Å². The number of halogens is 3. The summed E-state index contributed by atoms with van der Waals surface area (Å²) in [7, 11) is 0. The quantitative estimate of drug-likeness (QED) is 0.713. The average Bonchev–Trinajstić information content (AvgIpc) is 2.91. The van der Waals surface area contributed by atoms with Gasteiger partial charge in [0.1, 0.15) is 11.6 Å². The molecular formula is C14H7BrClFN2O2. The van der Waals surface area contributed by atoms with Gasteiger partial charge in [0.05, 0.1) is 10.6 Å². The van der Waals surface area contributed by atoms with Gasteiger partial charge in [0.25, 0.3) is 5.89 Å².